The topological polar surface area (TPSA) is 33.0 Å². The Morgan fingerprint density at radius 3 is 2.50 bits per heavy atom. The Labute approximate surface area is 79.9 Å². The summed E-state index contributed by atoms with van der Waals surface area (Å²) in [5.41, 5.74) is 2.29. The minimum absolute atomic E-state index is 0.535. The summed E-state index contributed by atoms with van der Waals surface area (Å²) in [6.07, 6.45) is 0. The number of ether oxygens (including phenoxy) is 1. The third kappa shape index (κ3) is 2.65. The van der Waals surface area contributed by atoms with E-state index in [0.717, 1.165) is 5.56 Å². The highest BCUT2D eigenvalue weighted by Crippen LogP contribution is 2.04. The number of rotatable bonds is 3. The van der Waals surface area contributed by atoms with E-state index in [2.05, 4.69) is 22.0 Å². The maximum absolute atomic E-state index is 8.52. The van der Waals surface area contributed by atoms with Gasteiger partial charge in [-0.3, -0.25) is 0 Å². The first-order valence-electron chi connectivity index (χ1n) is 3.49. The van der Waals surface area contributed by atoms with Crippen LogP contribution in [0.1, 0.15) is 11.1 Å². The highest BCUT2D eigenvalue weighted by atomic mass is 79.9. The van der Waals surface area contributed by atoms with Gasteiger partial charge < -0.3 is 4.74 Å². The number of benzene rings is 1. The molecule has 12 heavy (non-hydrogen) atoms. The van der Waals surface area contributed by atoms with Gasteiger partial charge in [-0.2, -0.15) is 5.26 Å². The smallest absolute Gasteiger partial charge is 0.102 e. The summed E-state index contributed by atoms with van der Waals surface area (Å²) in [7, 11) is 0. The van der Waals surface area contributed by atoms with Crippen molar-refractivity contribution in [3.8, 4) is 6.07 Å². The third-order valence-electron chi connectivity index (χ3n) is 1.43. The van der Waals surface area contributed by atoms with Crippen molar-refractivity contribution in [1.82, 2.24) is 0 Å². The Morgan fingerprint density at radius 2 is 2.00 bits per heavy atom. The zero-order valence-corrected chi connectivity index (χ0v) is 8.04. The molecule has 0 aliphatic heterocycles. The van der Waals surface area contributed by atoms with E-state index in [1.54, 1.807) is 12.1 Å². The maximum atomic E-state index is 8.52. The third-order valence-corrected chi connectivity index (χ3v) is 1.75. The Hall–Kier alpha value is -0.850. The zero-order valence-electron chi connectivity index (χ0n) is 6.46. The Morgan fingerprint density at radius 1 is 1.33 bits per heavy atom. The molecule has 3 heteroatoms. The van der Waals surface area contributed by atoms with Crippen LogP contribution < -0.4 is 0 Å². The van der Waals surface area contributed by atoms with E-state index >= 15 is 0 Å². The Bertz CT molecular complexity index is 276. The highest BCUT2D eigenvalue weighted by Gasteiger charge is 1.92. The molecule has 0 aliphatic rings. The van der Waals surface area contributed by atoms with Gasteiger partial charge in [0.05, 0.1) is 18.2 Å². The molecule has 0 aliphatic carbocycles. The summed E-state index contributed by atoms with van der Waals surface area (Å²) in [5.74, 6) is 0. The molecule has 0 radical (unpaired) electrons. The van der Waals surface area contributed by atoms with E-state index in [0.29, 0.717) is 17.7 Å². The minimum atomic E-state index is 0.535. The lowest BCUT2D eigenvalue weighted by Gasteiger charge is -1.99. The fourth-order valence-corrected chi connectivity index (χ4v) is 0.994. The van der Waals surface area contributed by atoms with Crippen LogP contribution in [0.25, 0.3) is 0 Å². The van der Waals surface area contributed by atoms with Crippen molar-refractivity contribution in [3.05, 3.63) is 35.4 Å². The average molecular weight is 226 g/mol. The number of halogens is 1. The molecule has 0 saturated carbocycles. The summed E-state index contributed by atoms with van der Waals surface area (Å²) < 4.78 is 5.13. The Balaban J connectivity index is 2.60. The summed E-state index contributed by atoms with van der Waals surface area (Å²) in [5, 5.41) is 8.52. The second-order valence-electron chi connectivity index (χ2n) is 2.27. The van der Waals surface area contributed by atoms with Gasteiger partial charge in [0.25, 0.3) is 0 Å². The van der Waals surface area contributed by atoms with Crippen LogP contribution in [0.4, 0.5) is 0 Å². The fourth-order valence-electron chi connectivity index (χ4n) is 0.832. The van der Waals surface area contributed by atoms with Crippen LogP contribution in [-0.2, 0) is 11.3 Å². The van der Waals surface area contributed by atoms with Crippen molar-refractivity contribution in [2.24, 2.45) is 0 Å². The van der Waals surface area contributed by atoms with Crippen LogP contribution in [0.5, 0.6) is 0 Å². The molecule has 0 bridgehead atoms. The summed E-state index contributed by atoms with van der Waals surface area (Å²) in [6.45, 7) is 0.580. The van der Waals surface area contributed by atoms with E-state index in [9.17, 15) is 0 Å². The molecule has 1 rings (SSSR count). The normalized spacial score (nSPS) is 9.33. The SMILES string of the molecule is N#Cc1ccc(COCBr)cc1. The van der Waals surface area contributed by atoms with Crippen LogP contribution in [0.2, 0.25) is 0 Å². The molecule has 1 aromatic carbocycles. The standard InChI is InChI=1S/C9H8BrNO/c10-7-12-6-9-3-1-8(5-11)2-4-9/h1-4H,6-7H2. The first-order valence-corrected chi connectivity index (χ1v) is 4.61. The van der Waals surface area contributed by atoms with Gasteiger partial charge in [-0.15, -0.1) is 0 Å². The first kappa shape index (κ1) is 9.24. The predicted octanol–water partition coefficient (Wildman–Crippen LogP) is 2.43. The number of hydrogen-bond donors (Lipinski definition) is 0. The van der Waals surface area contributed by atoms with Crippen molar-refractivity contribution >= 4 is 15.9 Å². The quantitative estimate of drug-likeness (QED) is 0.741. The summed E-state index contributed by atoms with van der Waals surface area (Å²) >= 11 is 3.16. The summed E-state index contributed by atoms with van der Waals surface area (Å²) in [4.78, 5) is 0. The van der Waals surface area contributed by atoms with E-state index in [1.807, 2.05) is 12.1 Å². The predicted molar refractivity (Wildman–Crippen MR) is 49.7 cm³/mol. The van der Waals surface area contributed by atoms with Gasteiger partial charge in [0.2, 0.25) is 0 Å². The number of nitriles is 1. The molecule has 1 aromatic rings. The van der Waals surface area contributed by atoms with Gasteiger partial charge in [0.1, 0.15) is 5.52 Å². The van der Waals surface area contributed by atoms with Gasteiger partial charge >= 0.3 is 0 Å². The zero-order chi connectivity index (χ0) is 8.81. The molecule has 0 saturated heterocycles. The maximum Gasteiger partial charge on any atom is 0.102 e. The summed E-state index contributed by atoms with van der Waals surface area (Å²) in [6, 6.07) is 9.41. The molecule has 0 atom stereocenters. The van der Waals surface area contributed by atoms with Crippen molar-refractivity contribution in [3.63, 3.8) is 0 Å². The number of hydrogen-bond acceptors (Lipinski definition) is 2. The fraction of sp³-hybridized carbons (Fsp3) is 0.222. The molecular formula is C9H8BrNO. The van der Waals surface area contributed by atoms with E-state index in [4.69, 9.17) is 10.00 Å². The van der Waals surface area contributed by atoms with Gasteiger partial charge in [-0.05, 0) is 17.7 Å². The molecule has 0 heterocycles. The van der Waals surface area contributed by atoms with Gasteiger partial charge in [0.15, 0.2) is 0 Å². The second kappa shape index (κ2) is 4.91. The van der Waals surface area contributed by atoms with Crippen LogP contribution in [0, 0.1) is 11.3 Å². The van der Waals surface area contributed by atoms with Crippen molar-refractivity contribution in [2.75, 3.05) is 5.52 Å². The number of alkyl halides is 1. The van der Waals surface area contributed by atoms with E-state index < -0.39 is 0 Å². The molecule has 2 nitrogen and oxygen atoms in total. The molecule has 0 N–H and O–H groups in total. The average Bonchev–Trinajstić information content (AvgIpc) is 2.15. The van der Waals surface area contributed by atoms with Crippen molar-refractivity contribution in [2.45, 2.75) is 6.61 Å². The van der Waals surface area contributed by atoms with Crippen LogP contribution in [0.3, 0.4) is 0 Å². The first-order chi connectivity index (χ1) is 5.86. The van der Waals surface area contributed by atoms with E-state index in [1.165, 1.54) is 0 Å². The molecule has 0 fully saturated rings. The largest absolute Gasteiger partial charge is 0.366 e. The van der Waals surface area contributed by atoms with E-state index in [-0.39, 0.29) is 0 Å². The molecular weight excluding hydrogens is 218 g/mol. The second-order valence-corrected chi connectivity index (χ2v) is 2.72. The van der Waals surface area contributed by atoms with Crippen LogP contribution in [-0.4, -0.2) is 5.52 Å². The highest BCUT2D eigenvalue weighted by molar-refractivity contribution is 9.09. The molecule has 0 amide bonds. The van der Waals surface area contributed by atoms with Crippen molar-refractivity contribution in [1.29, 1.82) is 5.26 Å². The Kier molecular flexibility index (Phi) is 3.78. The molecule has 0 aromatic heterocycles. The minimum Gasteiger partial charge on any atom is -0.366 e. The lowest BCUT2D eigenvalue weighted by atomic mass is 10.2. The monoisotopic (exact) mass is 225 g/mol. The van der Waals surface area contributed by atoms with Gasteiger partial charge in [0, 0.05) is 0 Å². The molecule has 0 spiro atoms. The lowest BCUT2D eigenvalue weighted by Crippen LogP contribution is -1.89. The van der Waals surface area contributed by atoms with Crippen LogP contribution in [0.15, 0.2) is 24.3 Å². The molecule has 0 unspecified atom stereocenters. The van der Waals surface area contributed by atoms with Gasteiger partial charge in [-0.25, -0.2) is 0 Å². The van der Waals surface area contributed by atoms with Crippen LogP contribution >= 0.6 is 15.9 Å². The van der Waals surface area contributed by atoms with Crippen molar-refractivity contribution < 1.29 is 4.74 Å². The molecule has 62 valence electrons. The lowest BCUT2D eigenvalue weighted by molar-refractivity contribution is 0.172. The van der Waals surface area contributed by atoms with Gasteiger partial charge in [-0.1, -0.05) is 28.1 Å². The number of nitrogens with zero attached hydrogens (tertiary/aromatic N) is 1.